The summed E-state index contributed by atoms with van der Waals surface area (Å²) < 4.78 is 10.8. The molecule has 132 valence electrons. The highest BCUT2D eigenvalue weighted by Gasteiger charge is 2.21. The zero-order valence-corrected chi connectivity index (χ0v) is 15.1. The number of hydrogen-bond acceptors (Lipinski definition) is 7. The Labute approximate surface area is 147 Å². The van der Waals surface area contributed by atoms with Crippen LogP contribution in [0.5, 0.6) is 5.88 Å². The van der Waals surface area contributed by atoms with Crippen LogP contribution in [0.25, 0.3) is 0 Å². The maximum atomic E-state index is 5.71. The van der Waals surface area contributed by atoms with Crippen molar-refractivity contribution in [2.24, 2.45) is 4.99 Å². The number of aliphatic imine (C=N–C) groups is 1. The van der Waals surface area contributed by atoms with E-state index < -0.39 is 0 Å². The van der Waals surface area contributed by atoms with Crippen LogP contribution in [-0.4, -0.2) is 54.1 Å². The van der Waals surface area contributed by atoms with Gasteiger partial charge < -0.3 is 14.4 Å². The first-order chi connectivity index (χ1) is 12.1. The second kappa shape index (κ2) is 7.57. The van der Waals surface area contributed by atoms with Crippen LogP contribution < -0.4 is 9.64 Å². The monoisotopic (exact) mass is 341 g/mol. The number of ether oxygens (including phenoxy) is 2. The first-order valence-electron chi connectivity index (χ1n) is 8.31. The molecule has 0 saturated carbocycles. The zero-order valence-electron chi connectivity index (χ0n) is 15.1. The lowest BCUT2D eigenvalue weighted by Gasteiger charge is -2.18. The van der Waals surface area contributed by atoms with Gasteiger partial charge in [-0.1, -0.05) is 0 Å². The molecular weight excluding hydrogens is 318 g/mol. The third-order valence-corrected chi connectivity index (χ3v) is 3.90. The van der Waals surface area contributed by atoms with Gasteiger partial charge in [0.1, 0.15) is 12.1 Å². The van der Waals surface area contributed by atoms with Gasteiger partial charge in [0.25, 0.3) is 0 Å². The molecule has 7 nitrogen and oxygen atoms in total. The molecule has 0 radical (unpaired) electrons. The van der Waals surface area contributed by atoms with Crippen LogP contribution in [0.15, 0.2) is 29.6 Å². The molecule has 0 atom stereocenters. The molecule has 0 unspecified atom stereocenters. The summed E-state index contributed by atoms with van der Waals surface area (Å²) in [6, 6.07) is 3.89. The fourth-order valence-electron chi connectivity index (χ4n) is 2.61. The topological polar surface area (TPSA) is 72.7 Å². The standard InChI is InChI=1S/C18H23N5O2/c1-12(2)25-17-7-14-13(9-19-17)10-20-18(14)15-8-16(22-11-21-15)23(3)5-6-24-4/h7-9,11-12H,5-6,10H2,1-4H3. The van der Waals surface area contributed by atoms with Gasteiger partial charge in [-0.3, -0.25) is 4.99 Å². The van der Waals surface area contributed by atoms with Gasteiger partial charge in [0, 0.05) is 50.2 Å². The Morgan fingerprint density at radius 2 is 2.04 bits per heavy atom. The van der Waals surface area contributed by atoms with E-state index in [0.717, 1.165) is 34.9 Å². The van der Waals surface area contributed by atoms with Crippen LogP contribution >= 0.6 is 0 Å². The second-order valence-electron chi connectivity index (χ2n) is 6.19. The molecule has 7 heteroatoms. The predicted octanol–water partition coefficient (Wildman–Crippen LogP) is 2.09. The van der Waals surface area contributed by atoms with Crippen LogP contribution in [0.4, 0.5) is 5.82 Å². The normalized spacial score (nSPS) is 12.9. The highest BCUT2D eigenvalue weighted by molar-refractivity contribution is 6.14. The van der Waals surface area contributed by atoms with E-state index >= 15 is 0 Å². The van der Waals surface area contributed by atoms with E-state index in [4.69, 9.17) is 9.47 Å². The summed E-state index contributed by atoms with van der Waals surface area (Å²) in [5, 5.41) is 0. The average molecular weight is 341 g/mol. The zero-order chi connectivity index (χ0) is 17.8. The van der Waals surface area contributed by atoms with Crippen molar-refractivity contribution >= 4 is 11.5 Å². The largest absolute Gasteiger partial charge is 0.475 e. The smallest absolute Gasteiger partial charge is 0.214 e. The van der Waals surface area contributed by atoms with Gasteiger partial charge in [-0.2, -0.15) is 0 Å². The molecule has 2 aromatic rings. The van der Waals surface area contributed by atoms with Crippen molar-refractivity contribution in [3.05, 3.63) is 41.5 Å². The third kappa shape index (κ3) is 3.93. The quantitative estimate of drug-likeness (QED) is 0.768. The van der Waals surface area contributed by atoms with Crippen molar-refractivity contribution < 1.29 is 9.47 Å². The lowest BCUT2D eigenvalue weighted by molar-refractivity contribution is 0.206. The third-order valence-electron chi connectivity index (χ3n) is 3.90. The molecular formula is C18H23N5O2. The van der Waals surface area contributed by atoms with Crippen molar-refractivity contribution in [1.29, 1.82) is 0 Å². The number of anilines is 1. The van der Waals surface area contributed by atoms with E-state index in [0.29, 0.717) is 19.0 Å². The number of aromatic nitrogens is 3. The van der Waals surface area contributed by atoms with Gasteiger partial charge >= 0.3 is 0 Å². The average Bonchev–Trinajstić information content (AvgIpc) is 3.02. The van der Waals surface area contributed by atoms with Crippen LogP contribution in [0, 0.1) is 0 Å². The minimum absolute atomic E-state index is 0.0763. The molecule has 0 amide bonds. The maximum absolute atomic E-state index is 5.71. The predicted molar refractivity (Wildman–Crippen MR) is 96.5 cm³/mol. The number of fused-ring (bicyclic) bond motifs is 1. The molecule has 0 aliphatic carbocycles. The minimum Gasteiger partial charge on any atom is -0.475 e. The number of likely N-dealkylation sites (N-methyl/N-ethyl adjacent to an activating group) is 1. The van der Waals surface area contributed by atoms with Crippen molar-refractivity contribution in [2.75, 3.05) is 32.2 Å². The van der Waals surface area contributed by atoms with Crippen molar-refractivity contribution in [3.8, 4) is 5.88 Å². The van der Waals surface area contributed by atoms with Gasteiger partial charge in [-0.15, -0.1) is 0 Å². The van der Waals surface area contributed by atoms with Crippen molar-refractivity contribution in [1.82, 2.24) is 15.0 Å². The van der Waals surface area contributed by atoms with E-state index in [-0.39, 0.29) is 6.10 Å². The molecule has 1 aliphatic rings. The molecule has 0 aromatic carbocycles. The Morgan fingerprint density at radius 1 is 1.20 bits per heavy atom. The second-order valence-corrected chi connectivity index (χ2v) is 6.19. The number of hydrogen-bond donors (Lipinski definition) is 0. The SMILES string of the molecule is COCCN(C)c1cc(C2=NCc3cnc(OC(C)C)cc32)ncn1. The number of methoxy groups -OCH3 is 1. The number of pyridine rings is 1. The first-order valence-corrected chi connectivity index (χ1v) is 8.31. The van der Waals surface area contributed by atoms with Gasteiger partial charge in [-0.05, 0) is 13.8 Å². The summed E-state index contributed by atoms with van der Waals surface area (Å²) in [4.78, 5) is 19.8. The van der Waals surface area contributed by atoms with Crippen molar-refractivity contribution in [2.45, 2.75) is 26.5 Å². The van der Waals surface area contributed by atoms with Crippen LogP contribution in [0.3, 0.4) is 0 Å². The fraction of sp³-hybridized carbons (Fsp3) is 0.444. The lowest BCUT2D eigenvalue weighted by Crippen LogP contribution is -2.23. The van der Waals surface area contributed by atoms with Gasteiger partial charge in [0.15, 0.2) is 0 Å². The summed E-state index contributed by atoms with van der Waals surface area (Å²) in [6.07, 6.45) is 3.48. The van der Waals surface area contributed by atoms with E-state index in [9.17, 15) is 0 Å². The molecule has 3 heterocycles. The summed E-state index contributed by atoms with van der Waals surface area (Å²) in [5.41, 5.74) is 3.76. The molecule has 3 rings (SSSR count). The van der Waals surface area contributed by atoms with Crippen molar-refractivity contribution in [3.63, 3.8) is 0 Å². The summed E-state index contributed by atoms with van der Waals surface area (Å²) in [6.45, 7) is 5.97. The number of rotatable bonds is 7. The van der Waals surface area contributed by atoms with E-state index in [1.54, 1.807) is 13.4 Å². The minimum atomic E-state index is 0.0763. The Kier molecular flexibility index (Phi) is 5.23. The van der Waals surface area contributed by atoms with Crippen LogP contribution in [0.1, 0.15) is 30.7 Å². The van der Waals surface area contributed by atoms with Gasteiger partial charge in [0.05, 0.1) is 30.7 Å². The molecule has 0 spiro atoms. The first kappa shape index (κ1) is 17.3. The van der Waals surface area contributed by atoms with E-state index in [1.165, 1.54) is 0 Å². The van der Waals surface area contributed by atoms with E-state index in [1.807, 2.05) is 44.1 Å². The lowest BCUT2D eigenvalue weighted by atomic mass is 10.1. The molecule has 2 aromatic heterocycles. The van der Waals surface area contributed by atoms with Gasteiger partial charge in [-0.25, -0.2) is 15.0 Å². The molecule has 0 fully saturated rings. The molecule has 0 N–H and O–H groups in total. The fourth-order valence-corrected chi connectivity index (χ4v) is 2.61. The highest BCUT2D eigenvalue weighted by Crippen LogP contribution is 2.26. The Hall–Kier alpha value is -2.54. The molecule has 1 aliphatic heterocycles. The Bertz CT molecular complexity index is 776. The highest BCUT2D eigenvalue weighted by atomic mass is 16.5. The van der Waals surface area contributed by atoms with Crippen LogP contribution in [-0.2, 0) is 11.3 Å². The van der Waals surface area contributed by atoms with Crippen LogP contribution in [0.2, 0.25) is 0 Å². The summed E-state index contributed by atoms with van der Waals surface area (Å²) in [5.74, 6) is 1.45. The Morgan fingerprint density at radius 3 is 2.80 bits per heavy atom. The molecule has 0 bridgehead atoms. The Balaban J connectivity index is 1.87. The molecule has 0 saturated heterocycles. The molecule has 25 heavy (non-hydrogen) atoms. The van der Waals surface area contributed by atoms with E-state index in [2.05, 4.69) is 19.9 Å². The maximum Gasteiger partial charge on any atom is 0.214 e. The van der Waals surface area contributed by atoms with Gasteiger partial charge in [0.2, 0.25) is 5.88 Å². The number of nitrogens with zero attached hydrogens (tertiary/aromatic N) is 5. The summed E-state index contributed by atoms with van der Waals surface area (Å²) >= 11 is 0. The summed E-state index contributed by atoms with van der Waals surface area (Å²) in [7, 11) is 3.67.